The molecule has 1 aliphatic heterocycles. The Balaban J connectivity index is 1.28. The number of carboxylic acids is 1. The first kappa shape index (κ1) is 30.1. The third kappa shape index (κ3) is 4.18. The Bertz CT molecular complexity index is 1070. The zero-order valence-corrected chi connectivity index (χ0v) is 26.0. The zero-order valence-electron chi connectivity index (χ0n) is 26.0. The van der Waals surface area contributed by atoms with E-state index in [4.69, 9.17) is 9.47 Å². The standard InChI is InChI=1S/C34H54O7/c1-18-7-8-20(29(38)39)19-11-15-33(5)21(26(18)19)9-10-24-32(4)14-13-25(31(2,3)23(32)12-16-34(24,33)6)41-30-28(37)27(36)22(35)17-40-30/h9,18-20,22-28,30,35-37H,7-8,10-17H2,1-6H3,(H,38,39)/t18-,19+,20+,22-,23+,24+,25-,26-,27-,28+,30+,32-,33+,34+/m0/s1. The minimum atomic E-state index is -1.27. The Morgan fingerprint density at radius 2 is 1.66 bits per heavy atom. The number of aliphatic hydroxyl groups excluding tert-OH is 3. The van der Waals surface area contributed by atoms with Gasteiger partial charge in [-0.1, -0.05) is 53.2 Å². The van der Waals surface area contributed by atoms with Gasteiger partial charge in [-0.25, -0.2) is 0 Å². The van der Waals surface area contributed by atoms with Crippen molar-refractivity contribution in [3.8, 4) is 0 Å². The third-order valence-electron chi connectivity index (χ3n) is 14.4. The summed E-state index contributed by atoms with van der Waals surface area (Å²) in [5.74, 6) is 1.39. The van der Waals surface area contributed by atoms with Crippen LogP contribution in [0.15, 0.2) is 11.6 Å². The molecule has 0 radical (unpaired) electrons. The van der Waals surface area contributed by atoms with Crippen LogP contribution in [0.25, 0.3) is 0 Å². The van der Waals surface area contributed by atoms with Crippen molar-refractivity contribution in [1.29, 1.82) is 0 Å². The first-order chi connectivity index (χ1) is 19.2. The van der Waals surface area contributed by atoms with E-state index >= 15 is 0 Å². The van der Waals surface area contributed by atoms with Crippen LogP contribution in [-0.4, -0.2) is 63.7 Å². The number of carbonyl (C=O) groups is 1. The molecule has 232 valence electrons. The van der Waals surface area contributed by atoms with Crippen molar-refractivity contribution in [1.82, 2.24) is 0 Å². The van der Waals surface area contributed by atoms with Gasteiger partial charge in [0.15, 0.2) is 6.29 Å². The largest absolute Gasteiger partial charge is 0.481 e. The molecule has 0 aromatic rings. The molecular formula is C34H54O7. The molecule has 0 amide bonds. The van der Waals surface area contributed by atoms with Crippen molar-refractivity contribution >= 4 is 5.97 Å². The number of aliphatic carboxylic acids is 1. The molecule has 1 heterocycles. The Morgan fingerprint density at radius 3 is 2.37 bits per heavy atom. The molecule has 1 saturated heterocycles. The SMILES string of the molecule is C[C@H]1CC[C@@H](C(=O)O)[C@H]2CC[C@]3(C)C(=CC[C@@H]4[C@@]5(C)CC[C@H](O[C@H]6OC[C@H](O)[C@H](O)[C@H]6O)C(C)(C)[C@H]5CC[C@]43C)[C@H]21. The van der Waals surface area contributed by atoms with Gasteiger partial charge in [0.05, 0.1) is 18.6 Å². The number of hydrogen-bond acceptors (Lipinski definition) is 6. The Labute approximate surface area is 246 Å². The van der Waals surface area contributed by atoms with Gasteiger partial charge in [0.25, 0.3) is 0 Å². The van der Waals surface area contributed by atoms with Crippen LogP contribution in [0.3, 0.4) is 0 Å². The van der Waals surface area contributed by atoms with Gasteiger partial charge < -0.3 is 29.9 Å². The maximum absolute atomic E-state index is 12.2. The number of hydrogen-bond donors (Lipinski definition) is 4. The molecule has 5 fully saturated rings. The van der Waals surface area contributed by atoms with Crippen LogP contribution in [0.4, 0.5) is 0 Å². The van der Waals surface area contributed by atoms with Crippen LogP contribution in [0.1, 0.15) is 99.3 Å². The van der Waals surface area contributed by atoms with E-state index in [1.807, 2.05) is 0 Å². The van der Waals surface area contributed by atoms with Gasteiger partial charge in [-0.05, 0) is 109 Å². The van der Waals surface area contributed by atoms with Gasteiger partial charge in [-0.15, -0.1) is 0 Å². The van der Waals surface area contributed by atoms with E-state index < -0.39 is 30.6 Å². The second-order valence-electron chi connectivity index (χ2n) is 16.3. The monoisotopic (exact) mass is 574 g/mol. The van der Waals surface area contributed by atoms with Crippen LogP contribution in [0.5, 0.6) is 0 Å². The molecule has 0 aromatic carbocycles. The number of carboxylic acid groups (broad SMARTS) is 1. The van der Waals surface area contributed by atoms with Gasteiger partial charge in [0.1, 0.15) is 18.3 Å². The molecule has 4 saturated carbocycles. The molecule has 14 atom stereocenters. The van der Waals surface area contributed by atoms with Crippen LogP contribution < -0.4 is 0 Å². The van der Waals surface area contributed by atoms with E-state index in [0.717, 1.165) is 57.8 Å². The van der Waals surface area contributed by atoms with Crippen molar-refractivity contribution in [3.63, 3.8) is 0 Å². The molecule has 6 aliphatic rings. The molecule has 4 N–H and O–H groups in total. The lowest BCUT2D eigenvalue weighted by Gasteiger charge is -2.71. The number of rotatable bonds is 3. The fourth-order valence-corrected chi connectivity index (χ4v) is 11.9. The highest BCUT2D eigenvalue weighted by Gasteiger charge is 2.67. The lowest BCUT2D eigenvalue weighted by atomic mass is 9.34. The zero-order chi connectivity index (χ0) is 29.7. The van der Waals surface area contributed by atoms with E-state index in [1.165, 1.54) is 0 Å². The summed E-state index contributed by atoms with van der Waals surface area (Å²) in [7, 11) is 0. The normalized spacial score (nSPS) is 54.6. The van der Waals surface area contributed by atoms with Crippen molar-refractivity contribution in [2.75, 3.05) is 6.61 Å². The molecular weight excluding hydrogens is 520 g/mol. The summed E-state index contributed by atoms with van der Waals surface area (Å²) in [4.78, 5) is 12.2. The second kappa shape index (κ2) is 10.0. The maximum Gasteiger partial charge on any atom is 0.306 e. The third-order valence-corrected chi connectivity index (χ3v) is 14.4. The second-order valence-corrected chi connectivity index (χ2v) is 16.3. The summed E-state index contributed by atoms with van der Waals surface area (Å²) in [6.45, 7) is 14.6. The van der Waals surface area contributed by atoms with Crippen LogP contribution >= 0.6 is 0 Å². The molecule has 5 aliphatic carbocycles. The number of allylic oxidation sites excluding steroid dienone is 2. The summed E-state index contributed by atoms with van der Waals surface area (Å²) < 4.78 is 12.1. The molecule has 7 heteroatoms. The minimum Gasteiger partial charge on any atom is -0.481 e. The first-order valence-corrected chi connectivity index (χ1v) is 16.4. The lowest BCUT2D eigenvalue weighted by Crippen LogP contribution is -2.65. The van der Waals surface area contributed by atoms with E-state index in [-0.39, 0.29) is 46.2 Å². The minimum absolute atomic E-state index is 0.0431. The van der Waals surface area contributed by atoms with Crippen molar-refractivity contribution < 1.29 is 34.7 Å². The smallest absolute Gasteiger partial charge is 0.306 e. The van der Waals surface area contributed by atoms with Crippen molar-refractivity contribution in [3.05, 3.63) is 11.6 Å². The first-order valence-electron chi connectivity index (χ1n) is 16.4. The van der Waals surface area contributed by atoms with Crippen molar-refractivity contribution in [2.45, 2.75) is 130 Å². The lowest BCUT2D eigenvalue weighted by molar-refractivity contribution is -0.308. The summed E-state index contributed by atoms with van der Waals surface area (Å²) in [5.41, 5.74) is 1.84. The number of fused-ring (bicyclic) bond motifs is 7. The number of ether oxygens (including phenoxy) is 2. The average Bonchev–Trinajstić information content (AvgIpc) is 2.90. The van der Waals surface area contributed by atoms with Gasteiger partial charge >= 0.3 is 5.97 Å². The summed E-state index contributed by atoms with van der Waals surface area (Å²) >= 11 is 0. The fourth-order valence-electron chi connectivity index (χ4n) is 11.9. The predicted molar refractivity (Wildman–Crippen MR) is 155 cm³/mol. The molecule has 6 rings (SSSR count). The Hall–Kier alpha value is -0.990. The summed E-state index contributed by atoms with van der Waals surface area (Å²) in [5, 5.41) is 40.7. The van der Waals surface area contributed by atoms with Crippen molar-refractivity contribution in [2.24, 2.45) is 57.2 Å². The molecule has 0 bridgehead atoms. The number of aliphatic hydroxyl groups is 3. The molecule has 0 unspecified atom stereocenters. The Morgan fingerprint density at radius 1 is 0.927 bits per heavy atom. The summed E-state index contributed by atoms with van der Waals surface area (Å²) in [6.07, 6.45) is 7.11. The van der Waals surface area contributed by atoms with Crippen LogP contribution in [-0.2, 0) is 14.3 Å². The predicted octanol–water partition coefficient (Wildman–Crippen LogP) is 5.16. The molecule has 41 heavy (non-hydrogen) atoms. The van der Waals surface area contributed by atoms with E-state index in [0.29, 0.717) is 23.7 Å². The highest BCUT2D eigenvalue weighted by atomic mass is 16.7. The highest BCUT2D eigenvalue weighted by Crippen LogP contribution is 2.74. The average molecular weight is 575 g/mol. The van der Waals surface area contributed by atoms with Crippen LogP contribution in [0, 0.1) is 57.2 Å². The highest BCUT2D eigenvalue weighted by molar-refractivity contribution is 5.70. The fraction of sp³-hybridized carbons (Fsp3) is 0.912. The van der Waals surface area contributed by atoms with Gasteiger partial charge in [0.2, 0.25) is 0 Å². The topological polar surface area (TPSA) is 116 Å². The van der Waals surface area contributed by atoms with E-state index in [1.54, 1.807) is 5.57 Å². The maximum atomic E-state index is 12.2. The summed E-state index contributed by atoms with van der Waals surface area (Å²) in [6, 6.07) is 0. The van der Waals surface area contributed by atoms with Gasteiger partial charge in [-0.2, -0.15) is 0 Å². The molecule has 0 spiro atoms. The molecule has 7 nitrogen and oxygen atoms in total. The Kier molecular flexibility index (Phi) is 7.34. The molecule has 0 aromatic heterocycles. The van der Waals surface area contributed by atoms with Crippen LogP contribution in [0.2, 0.25) is 0 Å². The van der Waals surface area contributed by atoms with E-state index in [9.17, 15) is 25.2 Å². The van der Waals surface area contributed by atoms with E-state index in [2.05, 4.69) is 47.6 Å². The van der Waals surface area contributed by atoms with Gasteiger partial charge in [-0.3, -0.25) is 4.79 Å². The van der Waals surface area contributed by atoms with Gasteiger partial charge in [0, 0.05) is 0 Å². The quantitative estimate of drug-likeness (QED) is 0.272.